The first-order valence-corrected chi connectivity index (χ1v) is 4.97. The Bertz CT molecular complexity index is 502. The smallest absolute Gasteiger partial charge is 0.274 e. The summed E-state index contributed by atoms with van der Waals surface area (Å²) in [6.45, 7) is 0. The third kappa shape index (κ3) is 2.35. The Hall–Kier alpha value is -1.94. The number of aromatic nitrogens is 2. The van der Waals surface area contributed by atoms with E-state index in [4.69, 9.17) is 11.6 Å². The second-order valence-electron chi connectivity index (χ2n) is 3.03. The molecule has 0 aliphatic carbocycles. The van der Waals surface area contributed by atoms with Crippen molar-refractivity contribution in [2.24, 2.45) is 0 Å². The lowest BCUT2D eigenvalue weighted by atomic mass is 10.3. The molecule has 0 aliphatic rings. The van der Waals surface area contributed by atoms with Crippen molar-refractivity contribution in [1.29, 1.82) is 0 Å². The molecule has 0 saturated heterocycles. The van der Waals surface area contributed by atoms with Gasteiger partial charge >= 0.3 is 0 Å². The molecule has 1 amide bonds. The van der Waals surface area contributed by atoms with Gasteiger partial charge in [0.1, 0.15) is 12.0 Å². The van der Waals surface area contributed by atoms with E-state index in [0.29, 0.717) is 16.4 Å². The van der Waals surface area contributed by atoms with Gasteiger partial charge in [-0.25, -0.2) is 9.97 Å². The van der Waals surface area contributed by atoms with Crippen molar-refractivity contribution in [3.05, 3.63) is 53.6 Å². The molecule has 1 aromatic heterocycles. The molecule has 80 valence electrons. The third-order valence-electron chi connectivity index (χ3n) is 1.94. The molecule has 2 rings (SSSR count). The highest BCUT2D eigenvalue weighted by Gasteiger charge is 2.08. The second-order valence-corrected chi connectivity index (χ2v) is 3.44. The summed E-state index contributed by atoms with van der Waals surface area (Å²) in [6, 6.07) is 8.55. The van der Waals surface area contributed by atoms with Crippen molar-refractivity contribution in [3.8, 4) is 0 Å². The van der Waals surface area contributed by atoms with E-state index in [2.05, 4.69) is 15.3 Å². The summed E-state index contributed by atoms with van der Waals surface area (Å²) in [7, 11) is 0. The minimum atomic E-state index is -0.310. The fraction of sp³-hybridized carbons (Fsp3) is 0. The maximum Gasteiger partial charge on any atom is 0.274 e. The van der Waals surface area contributed by atoms with Crippen LogP contribution >= 0.6 is 11.6 Å². The van der Waals surface area contributed by atoms with Crippen molar-refractivity contribution in [2.45, 2.75) is 0 Å². The van der Waals surface area contributed by atoms with E-state index in [1.807, 2.05) is 0 Å². The van der Waals surface area contributed by atoms with Crippen molar-refractivity contribution >= 4 is 23.2 Å². The zero-order valence-corrected chi connectivity index (χ0v) is 8.98. The van der Waals surface area contributed by atoms with Crippen LogP contribution in [0.15, 0.2) is 42.9 Å². The summed E-state index contributed by atoms with van der Waals surface area (Å²) < 4.78 is 0. The van der Waals surface area contributed by atoms with E-state index in [-0.39, 0.29) is 5.91 Å². The molecule has 0 aliphatic heterocycles. The van der Waals surface area contributed by atoms with Gasteiger partial charge in [-0.05, 0) is 18.2 Å². The molecule has 1 aromatic carbocycles. The minimum absolute atomic E-state index is 0.301. The Balaban J connectivity index is 2.18. The normalized spacial score (nSPS) is 9.81. The van der Waals surface area contributed by atoms with Crippen LogP contribution in [0.4, 0.5) is 5.69 Å². The molecule has 0 fully saturated rings. The number of anilines is 1. The summed E-state index contributed by atoms with van der Waals surface area (Å²) in [5, 5.41) is 3.16. The van der Waals surface area contributed by atoms with Crippen LogP contribution in [0.5, 0.6) is 0 Å². The van der Waals surface area contributed by atoms with E-state index < -0.39 is 0 Å². The van der Waals surface area contributed by atoms with Crippen LogP contribution in [-0.2, 0) is 0 Å². The number of carbonyl (C=O) groups is 1. The zero-order valence-electron chi connectivity index (χ0n) is 8.22. The van der Waals surface area contributed by atoms with Crippen LogP contribution in [0.1, 0.15) is 10.5 Å². The highest BCUT2D eigenvalue weighted by atomic mass is 35.5. The van der Waals surface area contributed by atoms with E-state index >= 15 is 0 Å². The zero-order chi connectivity index (χ0) is 11.4. The number of carbonyl (C=O) groups excluding carboxylic acids is 1. The van der Waals surface area contributed by atoms with E-state index in [9.17, 15) is 4.79 Å². The Morgan fingerprint density at radius 1 is 1.25 bits per heavy atom. The van der Waals surface area contributed by atoms with Crippen LogP contribution in [0.25, 0.3) is 0 Å². The van der Waals surface area contributed by atoms with Crippen LogP contribution in [-0.4, -0.2) is 15.9 Å². The van der Waals surface area contributed by atoms with Gasteiger partial charge in [0.15, 0.2) is 0 Å². The van der Waals surface area contributed by atoms with E-state index in [1.165, 1.54) is 18.6 Å². The van der Waals surface area contributed by atoms with Gasteiger partial charge in [-0.3, -0.25) is 4.79 Å². The molecular formula is C11H8ClN3O. The highest BCUT2D eigenvalue weighted by molar-refractivity contribution is 6.33. The van der Waals surface area contributed by atoms with Gasteiger partial charge in [0, 0.05) is 6.20 Å². The molecule has 0 atom stereocenters. The SMILES string of the molecule is O=C(Nc1ccccc1Cl)c1ccncn1. The van der Waals surface area contributed by atoms with Gasteiger partial charge in [0.2, 0.25) is 0 Å². The topological polar surface area (TPSA) is 54.9 Å². The largest absolute Gasteiger partial charge is 0.319 e. The van der Waals surface area contributed by atoms with E-state index in [1.54, 1.807) is 24.3 Å². The van der Waals surface area contributed by atoms with Crippen molar-refractivity contribution in [3.63, 3.8) is 0 Å². The van der Waals surface area contributed by atoms with Gasteiger partial charge in [-0.15, -0.1) is 0 Å². The summed E-state index contributed by atoms with van der Waals surface area (Å²) in [5.74, 6) is -0.310. The number of halogens is 1. The molecule has 0 saturated carbocycles. The standard InChI is InChI=1S/C11H8ClN3O/c12-8-3-1-2-4-9(8)15-11(16)10-5-6-13-7-14-10/h1-7H,(H,15,16). The molecule has 1 heterocycles. The first kappa shape index (κ1) is 10.6. The summed E-state index contributed by atoms with van der Waals surface area (Å²) >= 11 is 5.91. The fourth-order valence-electron chi connectivity index (χ4n) is 1.17. The number of nitrogens with one attached hydrogen (secondary N) is 1. The molecular weight excluding hydrogens is 226 g/mol. The van der Waals surface area contributed by atoms with Crippen molar-refractivity contribution in [2.75, 3.05) is 5.32 Å². The number of nitrogens with zero attached hydrogens (tertiary/aromatic N) is 2. The van der Waals surface area contributed by atoms with E-state index in [0.717, 1.165) is 0 Å². The number of para-hydroxylation sites is 1. The van der Waals surface area contributed by atoms with Crippen LogP contribution in [0.3, 0.4) is 0 Å². The molecule has 5 heteroatoms. The highest BCUT2D eigenvalue weighted by Crippen LogP contribution is 2.20. The van der Waals surface area contributed by atoms with Crippen LogP contribution in [0, 0.1) is 0 Å². The number of amides is 1. The first-order valence-electron chi connectivity index (χ1n) is 4.59. The molecule has 16 heavy (non-hydrogen) atoms. The molecule has 1 N–H and O–H groups in total. The molecule has 0 spiro atoms. The van der Waals surface area contributed by atoms with Gasteiger partial charge < -0.3 is 5.32 Å². The lowest BCUT2D eigenvalue weighted by molar-refractivity contribution is 0.102. The number of hydrogen-bond donors (Lipinski definition) is 1. The average molecular weight is 234 g/mol. The third-order valence-corrected chi connectivity index (χ3v) is 2.27. The van der Waals surface area contributed by atoms with Gasteiger partial charge in [-0.2, -0.15) is 0 Å². The molecule has 2 aromatic rings. The summed E-state index contributed by atoms with van der Waals surface area (Å²) in [6.07, 6.45) is 2.83. The maximum atomic E-state index is 11.7. The first-order chi connectivity index (χ1) is 7.77. The molecule has 4 nitrogen and oxygen atoms in total. The fourth-order valence-corrected chi connectivity index (χ4v) is 1.36. The molecule has 0 radical (unpaired) electrons. The average Bonchev–Trinajstić information content (AvgIpc) is 2.33. The van der Waals surface area contributed by atoms with Crippen molar-refractivity contribution in [1.82, 2.24) is 9.97 Å². The summed E-state index contributed by atoms with van der Waals surface area (Å²) in [4.78, 5) is 19.3. The Morgan fingerprint density at radius 3 is 2.75 bits per heavy atom. The summed E-state index contributed by atoms with van der Waals surface area (Å²) in [5.41, 5.74) is 0.864. The number of hydrogen-bond acceptors (Lipinski definition) is 3. The van der Waals surface area contributed by atoms with Gasteiger partial charge in [-0.1, -0.05) is 23.7 Å². The van der Waals surface area contributed by atoms with Crippen LogP contribution in [0.2, 0.25) is 5.02 Å². The Kier molecular flexibility index (Phi) is 3.12. The van der Waals surface area contributed by atoms with Gasteiger partial charge in [0.05, 0.1) is 10.7 Å². The maximum absolute atomic E-state index is 11.7. The lowest BCUT2D eigenvalue weighted by Crippen LogP contribution is -2.13. The predicted molar refractivity (Wildman–Crippen MR) is 61.4 cm³/mol. The number of benzene rings is 1. The van der Waals surface area contributed by atoms with Crippen LogP contribution < -0.4 is 5.32 Å². The van der Waals surface area contributed by atoms with Crippen molar-refractivity contribution < 1.29 is 4.79 Å². The molecule has 0 bridgehead atoms. The lowest BCUT2D eigenvalue weighted by Gasteiger charge is -2.05. The second kappa shape index (κ2) is 4.72. The Morgan fingerprint density at radius 2 is 2.06 bits per heavy atom. The van der Waals surface area contributed by atoms with Gasteiger partial charge in [0.25, 0.3) is 5.91 Å². The number of rotatable bonds is 2. The monoisotopic (exact) mass is 233 g/mol. The quantitative estimate of drug-likeness (QED) is 0.867. The predicted octanol–water partition coefficient (Wildman–Crippen LogP) is 2.38. The Labute approximate surface area is 97.3 Å². The molecule has 0 unspecified atom stereocenters. The minimum Gasteiger partial charge on any atom is -0.319 e.